The van der Waals surface area contributed by atoms with Gasteiger partial charge in [-0.15, -0.1) is 0 Å². The second-order valence-corrected chi connectivity index (χ2v) is 4.72. The van der Waals surface area contributed by atoms with Crippen LogP contribution in [-0.2, 0) is 0 Å². The smallest absolute Gasteiger partial charge is 0.270 e. The van der Waals surface area contributed by atoms with Crippen LogP contribution in [0.5, 0.6) is 0 Å². The molecule has 0 aliphatic carbocycles. The Labute approximate surface area is 121 Å². The Morgan fingerprint density at radius 2 is 2.00 bits per heavy atom. The maximum atomic E-state index is 11.9. The lowest BCUT2D eigenvalue weighted by Crippen LogP contribution is -2.24. The van der Waals surface area contributed by atoms with E-state index in [-0.39, 0.29) is 22.9 Å². The highest BCUT2D eigenvalue weighted by molar-refractivity contribution is 6.33. The van der Waals surface area contributed by atoms with Gasteiger partial charge in [0, 0.05) is 25.3 Å². The molecule has 0 saturated carbocycles. The fraction of sp³-hybridized carbons (Fsp3) is 0.462. The van der Waals surface area contributed by atoms with Crippen LogP contribution in [0.3, 0.4) is 0 Å². The van der Waals surface area contributed by atoms with Crippen molar-refractivity contribution in [3.8, 4) is 0 Å². The van der Waals surface area contributed by atoms with Crippen molar-refractivity contribution in [1.29, 1.82) is 0 Å². The molecule has 0 aliphatic rings. The molecule has 0 spiro atoms. The topological polar surface area (TPSA) is 92.5 Å². The van der Waals surface area contributed by atoms with Crippen LogP contribution in [0.2, 0.25) is 5.02 Å². The second-order valence-electron chi connectivity index (χ2n) is 4.31. The third-order valence-electron chi connectivity index (χ3n) is 2.78. The molecule has 1 rings (SSSR count). The second kappa shape index (κ2) is 8.50. The molecular formula is C13H17ClN2O4. The number of rotatable bonds is 8. The van der Waals surface area contributed by atoms with Crippen LogP contribution in [0.4, 0.5) is 5.69 Å². The zero-order valence-corrected chi connectivity index (χ0v) is 11.7. The third-order valence-corrected chi connectivity index (χ3v) is 3.11. The van der Waals surface area contributed by atoms with Gasteiger partial charge in [-0.05, 0) is 18.9 Å². The van der Waals surface area contributed by atoms with E-state index < -0.39 is 10.8 Å². The summed E-state index contributed by atoms with van der Waals surface area (Å²) >= 11 is 5.87. The average Bonchev–Trinajstić information content (AvgIpc) is 2.42. The molecule has 0 aromatic heterocycles. The Morgan fingerprint density at radius 1 is 1.30 bits per heavy atom. The van der Waals surface area contributed by atoms with Crippen molar-refractivity contribution in [1.82, 2.24) is 5.32 Å². The molecule has 6 nitrogen and oxygen atoms in total. The summed E-state index contributed by atoms with van der Waals surface area (Å²) < 4.78 is 0. The van der Waals surface area contributed by atoms with E-state index in [1.54, 1.807) is 0 Å². The minimum absolute atomic E-state index is 0.108. The molecule has 1 aromatic carbocycles. The van der Waals surface area contributed by atoms with E-state index in [9.17, 15) is 14.9 Å². The quantitative estimate of drug-likeness (QED) is 0.438. The van der Waals surface area contributed by atoms with Gasteiger partial charge < -0.3 is 10.4 Å². The molecule has 0 radical (unpaired) electrons. The normalized spacial score (nSPS) is 10.3. The van der Waals surface area contributed by atoms with E-state index in [0.29, 0.717) is 6.54 Å². The number of hydrogen-bond donors (Lipinski definition) is 2. The fourth-order valence-electron chi connectivity index (χ4n) is 1.69. The highest BCUT2D eigenvalue weighted by atomic mass is 35.5. The monoisotopic (exact) mass is 300 g/mol. The summed E-state index contributed by atoms with van der Waals surface area (Å²) in [5.41, 5.74) is -0.0567. The van der Waals surface area contributed by atoms with E-state index in [0.717, 1.165) is 25.7 Å². The Morgan fingerprint density at radius 3 is 2.65 bits per heavy atom. The first-order valence-electron chi connectivity index (χ1n) is 6.39. The first kappa shape index (κ1) is 16.4. The van der Waals surface area contributed by atoms with Crippen LogP contribution < -0.4 is 5.32 Å². The minimum atomic E-state index is -0.567. The predicted molar refractivity (Wildman–Crippen MR) is 76.0 cm³/mol. The van der Waals surface area contributed by atoms with Gasteiger partial charge in [0.1, 0.15) is 0 Å². The van der Waals surface area contributed by atoms with Crippen molar-refractivity contribution in [3.05, 3.63) is 38.9 Å². The molecule has 0 aliphatic heterocycles. The number of nitro groups is 1. The number of nitrogens with one attached hydrogen (secondary N) is 1. The summed E-state index contributed by atoms with van der Waals surface area (Å²) in [6.07, 6.45) is 3.36. The summed E-state index contributed by atoms with van der Waals surface area (Å²) in [7, 11) is 0. The van der Waals surface area contributed by atoms with E-state index in [1.165, 1.54) is 18.2 Å². The number of unbranched alkanes of at least 4 members (excludes halogenated alkanes) is 3. The molecular weight excluding hydrogens is 284 g/mol. The van der Waals surface area contributed by atoms with Crippen molar-refractivity contribution in [2.45, 2.75) is 25.7 Å². The zero-order chi connectivity index (χ0) is 15.0. The fourth-order valence-corrected chi connectivity index (χ4v) is 1.89. The third kappa shape index (κ3) is 5.14. The zero-order valence-electron chi connectivity index (χ0n) is 11.0. The number of carbonyl (C=O) groups is 1. The maximum absolute atomic E-state index is 11.9. The number of nitro benzene ring substituents is 1. The highest BCUT2D eigenvalue weighted by Crippen LogP contribution is 2.21. The molecule has 7 heteroatoms. The maximum Gasteiger partial charge on any atom is 0.270 e. The van der Waals surface area contributed by atoms with Crippen LogP contribution >= 0.6 is 11.6 Å². The Hall–Kier alpha value is -1.66. The van der Waals surface area contributed by atoms with Crippen molar-refractivity contribution in [2.75, 3.05) is 13.2 Å². The number of halogens is 1. The minimum Gasteiger partial charge on any atom is -0.396 e. The van der Waals surface area contributed by atoms with E-state index in [4.69, 9.17) is 16.7 Å². The molecule has 0 fully saturated rings. The van der Waals surface area contributed by atoms with Crippen LogP contribution in [0, 0.1) is 10.1 Å². The molecule has 0 atom stereocenters. The van der Waals surface area contributed by atoms with Gasteiger partial charge in [0.15, 0.2) is 0 Å². The number of non-ortho nitro benzene ring substituents is 1. The van der Waals surface area contributed by atoms with Crippen LogP contribution in [0.15, 0.2) is 18.2 Å². The molecule has 0 saturated heterocycles. The largest absolute Gasteiger partial charge is 0.396 e. The molecule has 0 heterocycles. The van der Waals surface area contributed by atoms with Crippen LogP contribution in [-0.4, -0.2) is 29.1 Å². The summed E-state index contributed by atoms with van der Waals surface area (Å²) in [5.74, 6) is -0.416. The predicted octanol–water partition coefficient (Wildman–Crippen LogP) is 2.53. The number of hydrogen-bond acceptors (Lipinski definition) is 4. The number of carbonyl (C=O) groups excluding carboxylic acids is 1. The Kier molecular flexibility index (Phi) is 6.97. The molecule has 1 aromatic rings. The van der Waals surface area contributed by atoms with Crippen molar-refractivity contribution in [3.63, 3.8) is 0 Å². The van der Waals surface area contributed by atoms with Gasteiger partial charge in [-0.25, -0.2) is 0 Å². The first-order valence-corrected chi connectivity index (χ1v) is 6.77. The molecule has 20 heavy (non-hydrogen) atoms. The van der Waals surface area contributed by atoms with Crippen molar-refractivity contribution < 1.29 is 14.8 Å². The molecule has 110 valence electrons. The van der Waals surface area contributed by atoms with Crippen molar-refractivity contribution in [2.24, 2.45) is 0 Å². The average molecular weight is 301 g/mol. The van der Waals surface area contributed by atoms with Gasteiger partial charge in [-0.1, -0.05) is 24.4 Å². The summed E-state index contributed by atoms with van der Waals surface area (Å²) in [5, 5.41) is 22.1. The van der Waals surface area contributed by atoms with Gasteiger partial charge >= 0.3 is 0 Å². The van der Waals surface area contributed by atoms with Crippen LogP contribution in [0.1, 0.15) is 36.0 Å². The van der Waals surface area contributed by atoms with Crippen molar-refractivity contribution >= 4 is 23.2 Å². The molecule has 0 unspecified atom stereocenters. The standard InChI is InChI=1S/C13H17ClN2O4/c14-12-6-5-10(16(19)20)9-11(12)13(18)15-7-3-1-2-4-8-17/h5-6,9,17H,1-4,7-8H2,(H,15,18). The lowest BCUT2D eigenvalue weighted by Gasteiger charge is -2.06. The highest BCUT2D eigenvalue weighted by Gasteiger charge is 2.15. The Balaban J connectivity index is 2.50. The van der Waals surface area contributed by atoms with Gasteiger partial charge in [0.2, 0.25) is 0 Å². The number of aliphatic hydroxyl groups is 1. The summed E-state index contributed by atoms with van der Waals surface area (Å²) in [6, 6.07) is 3.77. The van der Waals surface area contributed by atoms with Gasteiger partial charge in [0.25, 0.3) is 11.6 Å². The lowest BCUT2D eigenvalue weighted by molar-refractivity contribution is -0.384. The molecule has 2 N–H and O–H groups in total. The number of nitrogens with zero attached hydrogens (tertiary/aromatic N) is 1. The first-order chi connectivity index (χ1) is 9.56. The van der Waals surface area contributed by atoms with E-state index in [2.05, 4.69) is 5.32 Å². The number of aliphatic hydroxyl groups excluding tert-OH is 1. The van der Waals surface area contributed by atoms with Gasteiger partial charge in [-0.2, -0.15) is 0 Å². The number of benzene rings is 1. The summed E-state index contributed by atoms with van der Waals surface area (Å²) in [6.45, 7) is 0.652. The number of amides is 1. The van der Waals surface area contributed by atoms with Gasteiger partial charge in [-0.3, -0.25) is 14.9 Å². The Bertz CT molecular complexity index is 479. The van der Waals surface area contributed by atoms with Gasteiger partial charge in [0.05, 0.1) is 15.5 Å². The molecule has 1 amide bonds. The van der Waals surface area contributed by atoms with E-state index in [1.807, 2.05) is 0 Å². The lowest BCUT2D eigenvalue weighted by atomic mass is 10.1. The SMILES string of the molecule is O=C(NCCCCCCO)c1cc([N+](=O)[O-])ccc1Cl. The van der Waals surface area contributed by atoms with Crippen LogP contribution in [0.25, 0.3) is 0 Å². The van der Waals surface area contributed by atoms with E-state index >= 15 is 0 Å². The summed E-state index contributed by atoms with van der Waals surface area (Å²) in [4.78, 5) is 22.0. The molecule has 0 bridgehead atoms.